The molecule has 0 saturated heterocycles. The predicted molar refractivity (Wildman–Crippen MR) is 178 cm³/mol. The maximum Gasteiger partial charge on any atom is 0.159 e. The van der Waals surface area contributed by atoms with Crippen LogP contribution in [0.5, 0.6) is 0 Å². The number of amidine groups is 2. The third-order valence-corrected chi connectivity index (χ3v) is 8.35. The average molecular weight is 568 g/mol. The zero-order valence-electron chi connectivity index (χ0n) is 23.6. The Kier molecular flexibility index (Phi) is 5.50. The molecular weight excluding hydrogens is 542 g/mol. The SMILES string of the molecule is c1ccc(C2=NC(c3ccc4c(c3)oc3cccc(-c5ccc6oc7ccccc7c6c5)c34)=NC(c3ccccc3)N2)cc1. The number of furan rings is 2. The van der Waals surface area contributed by atoms with E-state index in [1.54, 1.807) is 0 Å². The van der Waals surface area contributed by atoms with Gasteiger partial charge in [-0.1, -0.05) is 103 Å². The van der Waals surface area contributed by atoms with E-state index in [2.05, 4.69) is 84.2 Å². The molecule has 0 aliphatic carbocycles. The van der Waals surface area contributed by atoms with Crippen LogP contribution in [0.4, 0.5) is 0 Å². The molecule has 1 unspecified atom stereocenters. The van der Waals surface area contributed by atoms with Crippen molar-refractivity contribution in [3.63, 3.8) is 0 Å². The van der Waals surface area contributed by atoms with Crippen molar-refractivity contribution < 1.29 is 8.83 Å². The van der Waals surface area contributed by atoms with E-state index in [0.717, 1.165) is 77.5 Å². The van der Waals surface area contributed by atoms with Crippen LogP contribution in [0.15, 0.2) is 158 Å². The third kappa shape index (κ3) is 4.02. The standard InChI is InChI=1S/C39H25N3O2/c1-3-10-24(11-4-1)37-40-38(25-12-5-2-6-13-25)42-39(41-37)27-18-20-30-35(23-27)44-34-17-9-15-28(36(30)34)26-19-21-33-31(22-26)29-14-7-8-16-32(29)43-33/h1-23,37H,(H,40,41,42). The second-order valence-corrected chi connectivity index (χ2v) is 11.0. The van der Waals surface area contributed by atoms with E-state index in [1.807, 2.05) is 60.7 Å². The third-order valence-electron chi connectivity index (χ3n) is 8.35. The van der Waals surface area contributed by atoms with Crippen LogP contribution in [0, 0.1) is 0 Å². The quantitative estimate of drug-likeness (QED) is 0.230. The summed E-state index contributed by atoms with van der Waals surface area (Å²) in [5.41, 5.74) is 8.65. The molecule has 8 aromatic rings. The summed E-state index contributed by atoms with van der Waals surface area (Å²) in [5, 5.41) is 7.89. The number of fused-ring (bicyclic) bond motifs is 6. The van der Waals surface area contributed by atoms with Crippen molar-refractivity contribution in [2.45, 2.75) is 6.17 Å². The Bertz CT molecular complexity index is 2420. The van der Waals surface area contributed by atoms with Gasteiger partial charge in [0.05, 0.1) is 0 Å². The number of nitrogens with one attached hydrogen (secondary N) is 1. The first-order chi connectivity index (χ1) is 21.8. The number of nitrogens with zero attached hydrogens (tertiary/aromatic N) is 2. The van der Waals surface area contributed by atoms with Crippen molar-refractivity contribution in [3.05, 3.63) is 156 Å². The lowest BCUT2D eigenvalue weighted by molar-refractivity contribution is 0.667. The number of benzene rings is 6. The van der Waals surface area contributed by atoms with Gasteiger partial charge >= 0.3 is 0 Å². The van der Waals surface area contributed by atoms with E-state index < -0.39 is 0 Å². The van der Waals surface area contributed by atoms with Gasteiger partial charge in [0.25, 0.3) is 0 Å². The molecule has 9 rings (SSSR count). The molecule has 0 spiro atoms. The first-order valence-corrected chi connectivity index (χ1v) is 14.7. The maximum atomic E-state index is 6.47. The number of para-hydroxylation sites is 1. The molecule has 1 aliphatic rings. The number of hydrogen-bond acceptors (Lipinski definition) is 5. The zero-order chi connectivity index (χ0) is 29.0. The van der Waals surface area contributed by atoms with Crippen LogP contribution in [-0.4, -0.2) is 11.7 Å². The van der Waals surface area contributed by atoms with Gasteiger partial charge in [0.15, 0.2) is 5.84 Å². The summed E-state index contributed by atoms with van der Waals surface area (Å²) in [7, 11) is 0. The highest BCUT2D eigenvalue weighted by Crippen LogP contribution is 2.39. The molecule has 6 aromatic carbocycles. The average Bonchev–Trinajstić information content (AvgIpc) is 3.66. The smallest absolute Gasteiger partial charge is 0.159 e. The molecular formula is C39H25N3O2. The molecule has 0 radical (unpaired) electrons. The Morgan fingerprint density at radius 3 is 2.11 bits per heavy atom. The van der Waals surface area contributed by atoms with Gasteiger partial charge in [-0.2, -0.15) is 0 Å². The second-order valence-electron chi connectivity index (χ2n) is 11.0. The van der Waals surface area contributed by atoms with Gasteiger partial charge < -0.3 is 14.2 Å². The summed E-state index contributed by atoms with van der Waals surface area (Å²) in [6, 6.07) is 47.5. The highest BCUT2D eigenvalue weighted by molar-refractivity contribution is 6.17. The molecule has 5 nitrogen and oxygen atoms in total. The van der Waals surface area contributed by atoms with E-state index in [0.29, 0.717) is 5.84 Å². The van der Waals surface area contributed by atoms with E-state index in [-0.39, 0.29) is 6.17 Å². The molecule has 208 valence electrons. The minimum atomic E-state index is -0.259. The van der Waals surface area contributed by atoms with Crippen molar-refractivity contribution in [1.29, 1.82) is 0 Å². The maximum absolute atomic E-state index is 6.47. The van der Waals surface area contributed by atoms with Gasteiger partial charge in [-0.25, -0.2) is 9.98 Å². The molecule has 0 fully saturated rings. The molecule has 0 amide bonds. The number of hydrogen-bond donors (Lipinski definition) is 1. The lowest BCUT2D eigenvalue weighted by atomic mass is 9.97. The van der Waals surface area contributed by atoms with E-state index in [4.69, 9.17) is 18.8 Å². The molecule has 1 N–H and O–H groups in total. The fourth-order valence-corrected chi connectivity index (χ4v) is 6.23. The van der Waals surface area contributed by atoms with E-state index in [9.17, 15) is 0 Å². The highest BCUT2D eigenvalue weighted by Gasteiger charge is 2.22. The van der Waals surface area contributed by atoms with Gasteiger partial charge in [0.1, 0.15) is 34.3 Å². The Hall–Kier alpha value is -5.94. The van der Waals surface area contributed by atoms with Gasteiger partial charge in [-0.05, 0) is 53.1 Å². The summed E-state index contributed by atoms with van der Waals surface area (Å²) >= 11 is 0. The van der Waals surface area contributed by atoms with Crippen molar-refractivity contribution in [2.24, 2.45) is 9.98 Å². The fraction of sp³-hybridized carbons (Fsp3) is 0.0256. The highest BCUT2D eigenvalue weighted by atomic mass is 16.3. The van der Waals surface area contributed by atoms with Gasteiger partial charge in [0, 0.05) is 32.7 Å². The molecule has 2 aromatic heterocycles. The number of aliphatic imine (C=N–C) groups is 2. The number of rotatable bonds is 4. The Morgan fingerprint density at radius 2 is 1.23 bits per heavy atom. The molecule has 1 atom stereocenters. The molecule has 44 heavy (non-hydrogen) atoms. The minimum Gasteiger partial charge on any atom is -0.456 e. The predicted octanol–water partition coefficient (Wildman–Crippen LogP) is 9.65. The van der Waals surface area contributed by atoms with E-state index in [1.165, 1.54) is 0 Å². The van der Waals surface area contributed by atoms with Crippen LogP contribution in [0.25, 0.3) is 55.0 Å². The van der Waals surface area contributed by atoms with Crippen LogP contribution >= 0.6 is 0 Å². The van der Waals surface area contributed by atoms with Gasteiger partial charge in [0.2, 0.25) is 0 Å². The lowest BCUT2D eigenvalue weighted by Crippen LogP contribution is -2.33. The topological polar surface area (TPSA) is 63.0 Å². The zero-order valence-corrected chi connectivity index (χ0v) is 23.6. The second kappa shape index (κ2) is 9.82. The first kappa shape index (κ1) is 24.6. The van der Waals surface area contributed by atoms with Gasteiger partial charge in [-0.15, -0.1) is 0 Å². The van der Waals surface area contributed by atoms with Crippen LogP contribution in [0.3, 0.4) is 0 Å². The molecule has 5 heteroatoms. The molecule has 0 saturated carbocycles. The first-order valence-electron chi connectivity index (χ1n) is 14.7. The van der Waals surface area contributed by atoms with Crippen molar-refractivity contribution in [2.75, 3.05) is 0 Å². The Labute approximate surface area is 252 Å². The monoisotopic (exact) mass is 567 g/mol. The van der Waals surface area contributed by atoms with Crippen LogP contribution < -0.4 is 5.32 Å². The largest absolute Gasteiger partial charge is 0.456 e. The molecule has 0 bridgehead atoms. The van der Waals surface area contributed by atoms with Crippen molar-refractivity contribution in [1.82, 2.24) is 5.32 Å². The summed E-state index contributed by atoms with van der Waals surface area (Å²) in [5.74, 6) is 1.45. The fourth-order valence-electron chi connectivity index (χ4n) is 6.23. The van der Waals surface area contributed by atoms with Crippen molar-refractivity contribution in [3.8, 4) is 11.1 Å². The lowest BCUT2D eigenvalue weighted by Gasteiger charge is -2.23. The van der Waals surface area contributed by atoms with Crippen LogP contribution in [0.2, 0.25) is 0 Å². The van der Waals surface area contributed by atoms with Crippen LogP contribution in [-0.2, 0) is 0 Å². The Morgan fingerprint density at radius 1 is 0.500 bits per heavy atom. The summed E-state index contributed by atoms with van der Waals surface area (Å²) in [4.78, 5) is 10.0. The van der Waals surface area contributed by atoms with Gasteiger partial charge in [-0.3, -0.25) is 0 Å². The van der Waals surface area contributed by atoms with E-state index >= 15 is 0 Å². The Balaban J connectivity index is 1.18. The van der Waals surface area contributed by atoms with Crippen LogP contribution in [0.1, 0.15) is 22.9 Å². The molecule has 1 aliphatic heterocycles. The summed E-state index contributed by atoms with van der Waals surface area (Å²) in [6.45, 7) is 0. The summed E-state index contributed by atoms with van der Waals surface area (Å²) in [6.07, 6.45) is -0.259. The normalized spacial score (nSPS) is 15.0. The molecule has 3 heterocycles. The summed E-state index contributed by atoms with van der Waals surface area (Å²) < 4.78 is 12.6. The van der Waals surface area contributed by atoms with Crippen molar-refractivity contribution >= 4 is 55.5 Å². The minimum absolute atomic E-state index is 0.259.